The average Bonchev–Trinajstić information content (AvgIpc) is 3.08. The summed E-state index contributed by atoms with van der Waals surface area (Å²) >= 11 is 1.60. The first-order chi connectivity index (χ1) is 10.8. The zero-order chi connectivity index (χ0) is 15.4. The van der Waals surface area contributed by atoms with Crippen molar-refractivity contribution in [3.63, 3.8) is 0 Å². The Hall–Kier alpha value is -2.73. The Morgan fingerprint density at radius 3 is 2.59 bits per heavy atom. The lowest BCUT2D eigenvalue weighted by atomic mass is 10.1. The fourth-order valence-corrected chi connectivity index (χ4v) is 3.01. The number of pyridine rings is 1. The molecule has 3 rings (SSSR count). The van der Waals surface area contributed by atoms with Gasteiger partial charge in [0.05, 0.1) is 11.0 Å². The first-order valence-corrected chi connectivity index (χ1v) is 7.58. The second-order valence-electron chi connectivity index (χ2n) is 4.63. The molecule has 2 heterocycles. The Morgan fingerprint density at radius 2 is 1.91 bits per heavy atom. The van der Waals surface area contributed by atoms with Crippen LogP contribution in [0.25, 0.3) is 0 Å². The number of thiophene rings is 1. The summed E-state index contributed by atoms with van der Waals surface area (Å²) in [5.74, 6) is 0.273. The minimum Gasteiger partial charge on any atom is -0.353 e. The van der Waals surface area contributed by atoms with Crippen LogP contribution >= 0.6 is 11.3 Å². The first kappa shape index (κ1) is 14.2. The van der Waals surface area contributed by atoms with E-state index in [4.69, 9.17) is 0 Å². The van der Waals surface area contributed by atoms with Crippen LogP contribution < -0.4 is 5.32 Å². The molecule has 110 valence electrons. The summed E-state index contributed by atoms with van der Waals surface area (Å²) < 4.78 is 0. The molecule has 0 radical (unpaired) electrons. The van der Waals surface area contributed by atoms with E-state index in [1.54, 1.807) is 23.6 Å². The zero-order valence-electron chi connectivity index (χ0n) is 11.5. The van der Waals surface area contributed by atoms with Crippen molar-refractivity contribution in [2.75, 3.05) is 5.32 Å². The topological polar surface area (TPSA) is 68.1 Å². The number of aromatic nitrogens is 1. The fraction of sp³-hybridized carbons (Fsp3) is 0.0625. The molecule has 0 aliphatic carbocycles. The van der Waals surface area contributed by atoms with Crippen LogP contribution in [0.3, 0.4) is 0 Å². The first-order valence-electron chi connectivity index (χ1n) is 6.70. The third kappa shape index (κ3) is 2.96. The number of nitrogens with zero attached hydrogens (tertiary/aromatic N) is 2. The summed E-state index contributed by atoms with van der Waals surface area (Å²) in [6.45, 7) is 0. The van der Waals surface area contributed by atoms with E-state index in [0.29, 0.717) is 0 Å². The maximum atomic E-state index is 11.2. The molecule has 6 heteroatoms. The molecule has 0 saturated carbocycles. The van der Waals surface area contributed by atoms with Crippen LogP contribution in [0.5, 0.6) is 0 Å². The Kier molecular flexibility index (Phi) is 4.11. The van der Waals surface area contributed by atoms with Crippen LogP contribution in [0.2, 0.25) is 0 Å². The van der Waals surface area contributed by atoms with Crippen molar-refractivity contribution in [3.8, 4) is 0 Å². The average molecular weight is 311 g/mol. The lowest BCUT2D eigenvalue weighted by molar-refractivity contribution is -0.384. The van der Waals surface area contributed by atoms with Crippen molar-refractivity contribution in [3.05, 3.63) is 86.7 Å². The molecule has 5 nitrogen and oxygen atoms in total. The third-order valence-electron chi connectivity index (χ3n) is 3.22. The molecule has 22 heavy (non-hydrogen) atoms. The molecular weight excluding hydrogens is 298 g/mol. The molecule has 1 atom stereocenters. The van der Waals surface area contributed by atoms with E-state index < -0.39 is 4.92 Å². The predicted molar refractivity (Wildman–Crippen MR) is 87.1 cm³/mol. The van der Waals surface area contributed by atoms with Crippen molar-refractivity contribution < 1.29 is 4.92 Å². The second-order valence-corrected chi connectivity index (χ2v) is 5.61. The van der Waals surface area contributed by atoms with E-state index in [1.807, 2.05) is 47.8 Å². The van der Waals surface area contributed by atoms with Gasteiger partial charge >= 0.3 is 5.69 Å². The molecule has 0 aliphatic rings. The van der Waals surface area contributed by atoms with E-state index >= 15 is 0 Å². The van der Waals surface area contributed by atoms with E-state index in [-0.39, 0.29) is 17.5 Å². The smallest absolute Gasteiger partial charge is 0.311 e. The Balaban J connectivity index is 2.00. The highest BCUT2D eigenvalue weighted by Gasteiger charge is 2.21. The highest BCUT2D eigenvalue weighted by Crippen LogP contribution is 2.32. The summed E-state index contributed by atoms with van der Waals surface area (Å²) in [5, 5.41) is 16.3. The molecule has 0 spiro atoms. The Morgan fingerprint density at radius 1 is 1.09 bits per heavy atom. The molecule has 2 aromatic heterocycles. The van der Waals surface area contributed by atoms with Crippen LogP contribution in [-0.2, 0) is 0 Å². The van der Waals surface area contributed by atoms with E-state index in [9.17, 15) is 10.1 Å². The van der Waals surface area contributed by atoms with E-state index in [1.165, 1.54) is 6.07 Å². The van der Waals surface area contributed by atoms with Gasteiger partial charge in [-0.1, -0.05) is 36.4 Å². The van der Waals surface area contributed by atoms with Crippen LogP contribution in [-0.4, -0.2) is 9.91 Å². The molecule has 0 aliphatic heterocycles. The number of nitro groups is 1. The summed E-state index contributed by atoms with van der Waals surface area (Å²) in [6, 6.07) is 16.6. The van der Waals surface area contributed by atoms with Gasteiger partial charge in [-0.05, 0) is 23.1 Å². The molecule has 1 N–H and O–H groups in total. The standard InChI is InChI=1S/C16H13N3O2S/c20-19(21)13-8-4-10-17-16(13)18-15(14-9-5-11-22-14)12-6-2-1-3-7-12/h1-11,15H,(H,17,18)/t15-/m1/s1. The van der Waals surface area contributed by atoms with E-state index in [0.717, 1.165) is 10.4 Å². The molecule has 1 aromatic carbocycles. The quantitative estimate of drug-likeness (QED) is 0.565. The van der Waals surface area contributed by atoms with Crippen LogP contribution in [0.15, 0.2) is 66.2 Å². The lowest BCUT2D eigenvalue weighted by Gasteiger charge is -2.18. The fourth-order valence-electron chi connectivity index (χ4n) is 2.21. The van der Waals surface area contributed by atoms with Crippen molar-refractivity contribution in [2.45, 2.75) is 6.04 Å². The normalized spacial score (nSPS) is 11.8. The van der Waals surface area contributed by atoms with Gasteiger partial charge in [-0.25, -0.2) is 4.98 Å². The van der Waals surface area contributed by atoms with Crippen molar-refractivity contribution in [1.29, 1.82) is 0 Å². The monoisotopic (exact) mass is 311 g/mol. The van der Waals surface area contributed by atoms with Gasteiger partial charge in [0.1, 0.15) is 0 Å². The Labute approximate surface area is 131 Å². The molecule has 0 amide bonds. The third-order valence-corrected chi connectivity index (χ3v) is 4.16. The van der Waals surface area contributed by atoms with Gasteiger partial charge in [0.2, 0.25) is 5.82 Å². The van der Waals surface area contributed by atoms with E-state index in [2.05, 4.69) is 10.3 Å². The minimum absolute atomic E-state index is 0.0278. The summed E-state index contributed by atoms with van der Waals surface area (Å²) in [4.78, 5) is 15.9. The molecular formula is C16H13N3O2S. The van der Waals surface area contributed by atoms with Crippen LogP contribution in [0.1, 0.15) is 16.5 Å². The number of hydrogen-bond acceptors (Lipinski definition) is 5. The van der Waals surface area contributed by atoms with Gasteiger partial charge in [0.25, 0.3) is 0 Å². The molecule has 3 aromatic rings. The highest BCUT2D eigenvalue weighted by molar-refractivity contribution is 7.10. The second kappa shape index (κ2) is 6.36. The van der Waals surface area contributed by atoms with Gasteiger partial charge < -0.3 is 5.32 Å². The summed E-state index contributed by atoms with van der Waals surface area (Å²) in [5.41, 5.74) is 1.00. The number of hydrogen-bond donors (Lipinski definition) is 1. The molecule has 0 unspecified atom stereocenters. The zero-order valence-corrected chi connectivity index (χ0v) is 12.4. The largest absolute Gasteiger partial charge is 0.353 e. The van der Waals surface area contributed by atoms with Crippen molar-refractivity contribution in [2.24, 2.45) is 0 Å². The van der Waals surface area contributed by atoms with Gasteiger partial charge in [0, 0.05) is 17.1 Å². The van der Waals surface area contributed by atoms with Gasteiger partial charge in [-0.3, -0.25) is 10.1 Å². The van der Waals surface area contributed by atoms with Crippen molar-refractivity contribution in [1.82, 2.24) is 4.98 Å². The molecule has 0 fully saturated rings. The van der Waals surface area contributed by atoms with Crippen LogP contribution in [0, 0.1) is 10.1 Å². The van der Waals surface area contributed by atoms with Gasteiger partial charge in [-0.15, -0.1) is 11.3 Å². The minimum atomic E-state index is -0.425. The lowest BCUT2D eigenvalue weighted by Crippen LogP contribution is -2.13. The summed E-state index contributed by atoms with van der Waals surface area (Å²) in [6.07, 6.45) is 1.55. The number of anilines is 1. The highest BCUT2D eigenvalue weighted by atomic mass is 32.1. The molecule has 0 saturated heterocycles. The maximum absolute atomic E-state index is 11.2. The summed E-state index contributed by atoms with van der Waals surface area (Å²) in [7, 11) is 0. The van der Waals surface area contributed by atoms with Gasteiger partial charge in [0.15, 0.2) is 0 Å². The number of nitrogens with one attached hydrogen (secondary N) is 1. The van der Waals surface area contributed by atoms with Gasteiger partial charge in [-0.2, -0.15) is 0 Å². The number of benzene rings is 1. The molecule has 0 bridgehead atoms. The maximum Gasteiger partial charge on any atom is 0.311 e. The SMILES string of the molecule is O=[N+]([O-])c1cccnc1N[C@H](c1ccccc1)c1cccs1. The predicted octanol–water partition coefficient (Wildman–Crippen LogP) is 4.25. The van der Waals surface area contributed by atoms with Crippen molar-refractivity contribution >= 4 is 22.8 Å². The Bertz CT molecular complexity index is 760. The number of rotatable bonds is 5. The van der Waals surface area contributed by atoms with Crippen LogP contribution in [0.4, 0.5) is 11.5 Å².